The topological polar surface area (TPSA) is 59.1 Å². The summed E-state index contributed by atoms with van der Waals surface area (Å²) in [5.41, 5.74) is -1.12. The van der Waals surface area contributed by atoms with Crippen LogP contribution in [0.15, 0.2) is 0 Å². The normalized spacial score (nSPS) is 24.0. The summed E-state index contributed by atoms with van der Waals surface area (Å²) in [5, 5.41) is 0. The molecule has 1 heterocycles. The van der Waals surface area contributed by atoms with Crippen LogP contribution in [-0.4, -0.2) is 51.4 Å². The summed E-state index contributed by atoms with van der Waals surface area (Å²) >= 11 is 0. The summed E-state index contributed by atoms with van der Waals surface area (Å²) in [6, 6.07) is 0.0333. The molecule has 0 aromatic carbocycles. The quantitative estimate of drug-likeness (QED) is 0.664. The fourth-order valence-corrected chi connectivity index (χ4v) is 4.13. The minimum absolute atomic E-state index is 0.0166. The van der Waals surface area contributed by atoms with Crippen molar-refractivity contribution in [3.05, 3.63) is 0 Å². The predicted octanol–water partition coefficient (Wildman–Crippen LogP) is 5.30. The maximum atomic E-state index is 13.1. The summed E-state index contributed by atoms with van der Waals surface area (Å²) in [7, 11) is 0. The molecule has 2 atom stereocenters. The Morgan fingerprint density at radius 2 is 1.26 bits per heavy atom. The van der Waals surface area contributed by atoms with Crippen molar-refractivity contribution in [2.45, 2.75) is 123 Å². The number of nitrogens with zero attached hydrogens (tertiary/aromatic N) is 2. The Balaban J connectivity index is 2.35. The van der Waals surface area contributed by atoms with Gasteiger partial charge in [-0.3, -0.25) is 9.80 Å². The van der Waals surface area contributed by atoms with E-state index in [9.17, 15) is 9.59 Å². The van der Waals surface area contributed by atoms with Crippen LogP contribution in [0.4, 0.5) is 9.59 Å². The van der Waals surface area contributed by atoms with Gasteiger partial charge >= 0.3 is 12.2 Å². The number of amides is 2. The van der Waals surface area contributed by atoms with Crippen LogP contribution in [-0.2, 0) is 9.47 Å². The molecule has 0 aromatic rings. The first-order valence-electron chi connectivity index (χ1n) is 10.5. The molecule has 0 unspecified atom stereocenters. The molecule has 27 heavy (non-hydrogen) atoms. The monoisotopic (exact) mass is 382 g/mol. The summed E-state index contributed by atoms with van der Waals surface area (Å²) in [6.07, 6.45) is 5.76. The van der Waals surface area contributed by atoms with Crippen molar-refractivity contribution in [2.24, 2.45) is 0 Å². The third-order valence-electron chi connectivity index (χ3n) is 5.08. The van der Waals surface area contributed by atoms with E-state index in [0.717, 1.165) is 44.9 Å². The highest BCUT2D eigenvalue weighted by atomic mass is 16.6. The lowest BCUT2D eigenvalue weighted by atomic mass is 9.90. The maximum Gasteiger partial charge on any atom is 0.412 e. The van der Waals surface area contributed by atoms with E-state index in [1.54, 1.807) is 0 Å². The van der Waals surface area contributed by atoms with Crippen LogP contribution in [0, 0.1) is 0 Å². The van der Waals surface area contributed by atoms with E-state index >= 15 is 0 Å². The van der Waals surface area contributed by atoms with Gasteiger partial charge in [0.15, 0.2) is 0 Å². The van der Waals surface area contributed by atoms with Crippen molar-refractivity contribution in [1.29, 1.82) is 0 Å². The van der Waals surface area contributed by atoms with Gasteiger partial charge in [0, 0.05) is 0 Å². The number of carbonyl (C=O) groups is 2. The van der Waals surface area contributed by atoms with Crippen LogP contribution in [0.5, 0.6) is 0 Å². The number of hydrogen-bond acceptors (Lipinski definition) is 4. The lowest BCUT2D eigenvalue weighted by Crippen LogP contribution is -2.48. The fourth-order valence-electron chi connectivity index (χ4n) is 4.13. The summed E-state index contributed by atoms with van der Waals surface area (Å²) in [4.78, 5) is 29.8. The van der Waals surface area contributed by atoms with Gasteiger partial charge in [-0.1, -0.05) is 26.2 Å². The molecule has 0 spiro atoms. The van der Waals surface area contributed by atoms with Gasteiger partial charge < -0.3 is 9.47 Å². The van der Waals surface area contributed by atoms with Crippen LogP contribution < -0.4 is 0 Å². The van der Waals surface area contributed by atoms with Gasteiger partial charge in [-0.2, -0.15) is 0 Å². The summed E-state index contributed by atoms with van der Waals surface area (Å²) < 4.78 is 11.4. The molecule has 6 nitrogen and oxygen atoms in total. The van der Waals surface area contributed by atoms with E-state index in [1.807, 2.05) is 51.3 Å². The molecule has 156 valence electrons. The molecule has 2 amide bonds. The van der Waals surface area contributed by atoms with E-state index in [0.29, 0.717) is 0 Å². The molecule has 0 radical (unpaired) electrons. The van der Waals surface area contributed by atoms with E-state index in [4.69, 9.17) is 9.47 Å². The molecular formula is C21H38N2O4. The van der Waals surface area contributed by atoms with Gasteiger partial charge in [0.1, 0.15) is 17.4 Å². The van der Waals surface area contributed by atoms with E-state index in [1.165, 1.54) is 0 Å². The van der Waals surface area contributed by atoms with E-state index in [2.05, 4.69) is 6.92 Å². The number of rotatable bonds is 3. The zero-order valence-electron chi connectivity index (χ0n) is 18.2. The Morgan fingerprint density at radius 1 is 0.852 bits per heavy atom. The van der Waals surface area contributed by atoms with Crippen molar-refractivity contribution >= 4 is 12.2 Å². The Kier molecular flexibility index (Phi) is 6.69. The Hall–Kier alpha value is -1.46. The van der Waals surface area contributed by atoms with Crippen LogP contribution in [0.25, 0.3) is 0 Å². The van der Waals surface area contributed by atoms with E-state index < -0.39 is 11.2 Å². The van der Waals surface area contributed by atoms with Crippen molar-refractivity contribution in [3.63, 3.8) is 0 Å². The molecule has 2 fully saturated rings. The predicted molar refractivity (Wildman–Crippen MR) is 106 cm³/mol. The fraction of sp³-hybridized carbons (Fsp3) is 0.905. The van der Waals surface area contributed by atoms with Crippen LogP contribution >= 0.6 is 0 Å². The standard InChI is InChI=1S/C21H38N2O4/c1-8-9-14-17-22(18(24)26-20(2,3)4)15-12-10-11-13-16(15)23(17)19(25)27-21(5,6)7/h15-17H,8-14H2,1-7H3/t15-,16-/m1/s1. The SMILES string of the molecule is CCCCC1N(C(=O)OC(C)(C)C)[C@@H]2CCCC[C@H]2N1C(=O)OC(C)(C)C. The number of fused-ring (bicyclic) bond motifs is 1. The molecule has 6 heteroatoms. The van der Waals surface area contributed by atoms with Gasteiger partial charge in [-0.15, -0.1) is 0 Å². The molecule has 0 N–H and O–H groups in total. The molecule has 0 bridgehead atoms. The second-order valence-electron chi connectivity index (χ2n) is 9.82. The first-order chi connectivity index (χ1) is 12.4. The lowest BCUT2D eigenvalue weighted by Gasteiger charge is -2.34. The maximum absolute atomic E-state index is 13.1. The number of unbranched alkanes of at least 4 members (excludes halogenated alkanes) is 1. The zero-order valence-corrected chi connectivity index (χ0v) is 18.2. The molecular weight excluding hydrogens is 344 g/mol. The largest absolute Gasteiger partial charge is 0.444 e. The number of hydrogen-bond donors (Lipinski definition) is 0. The average molecular weight is 383 g/mol. The Bertz CT molecular complexity index is 491. The molecule has 2 rings (SSSR count). The van der Waals surface area contributed by atoms with Crippen LogP contribution in [0.1, 0.15) is 93.4 Å². The lowest BCUT2D eigenvalue weighted by molar-refractivity contribution is -0.00662. The highest BCUT2D eigenvalue weighted by Crippen LogP contribution is 2.40. The van der Waals surface area contributed by atoms with Gasteiger partial charge in [-0.25, -0.2) is 9.59 Å². The number of carbonyl (C=O) groups excluding carboxylic acids is 2. The highest BCUT2D eigenvalue weighted by molar-refractivity contribution is 5.74. The van der Waals surface area contributed by atoms with Gasteiger partial charge in [0.2, 0.25) is 0 Å². The zero-order chi connectivity index (χ0) is 20.4. The average Bonchev–Trinajstić information content (AvgIpc) is 2.83. The third-order valence-corrected chi connectivity index (χ3v) is 5.08. The molecule has 1 aliphatic carbocycles. The smallest absolute Gasteiger partial charge is 0.412 e. The molecule has 0 aromatic heterocycles. The minimum atomic E-state index is -0.560. The number of ether oxygens (including phenoxy) is 2. The van der Waals surface area contributed by atoms with Crippen molar-refractivity contribution < 1.29 is 19.1 Å². The van der Waals surface area contributed by atoms with Crippen LogP contribution in [0.2, 0.25) is 0 Å². The van der Waals surface area contributed by atoms with Gasteiger partial charge in [-0.05, 0) is 67.2 Å². The Labute approximate surface area is 164 Å². The van der Waals surface area contributed by atoms with E-state index in [-0.39, 0.29) is 30.4 Å². The highest BCUT2D eigenvalue weighted by Gasteiger charge is 2.53. The molecule has 1 aliphatic heterocycles. The molecule has 1 saturated carbocycles. The summed E-state index contributed by atoms with van der Waals surface area (Å²) in [5.74, 6) is 0. The van der Waals surface area contributed by atoms with Gasteiger partial charge in [0.25, 0.3) is 0 Å². The first kappa shape index (κ1) is 21.8. The van der Waals surface area contributed by atoms with Crippen molar-refractivity contribution in [3.8, 4) is 0 Å². The van der Waals surface area contributed by atoms with Crippen molar-refractivity contribution in [2.75, 3.05) is 0 Å². The van der Waals surface area contributed by atoms with Gasteiger partial charge in [0.05, 0.1) is 12.1 Å². The second kappa shape index (κ2) is 8.27. The molecule has 2 aliphatic rings. The summed E-state index contributed by atoms with van der Waals surface area (Å²) in [6.45, 7) is 13.4. The minimum Gasteiger partial charge on any atom is -0.444 e. The molecule has 1 saturated heterocycles. The van der Waals surface area contributed by atoms with Crippen molar-refractivity contribution in [1.82, 2.24) is 9.80 Å². The third kappa shape index (κ3) is 5.52. The second-order valence-corrected chi connectivity index (χ2v) is 9.82. The van der Waals surface area contributed by atoms with Crippen LogP contribution in [0.3, 0.4) is 0 Å². The Morgan fingerprint density at radius 3 is 1.59 bits per heavy atom. The first-order valence-corrected chi connectivity index (χ1v) is 10.5.